The first kappa shape index (κ1) is 11.8. The second-order valence-electron chi connectivity index (χ2n) is 3.91. The maximum Gasteiger partial charge on any atom is 0.243 e. The second-order valence-corrected chi connectivity index (χ2v) is 3.91. The molecule has 1 atom stereocenters. The maximum absolute atomic E-state index is 11.4. The van der Waals surface area contributed by atoms with Crippen LogP contribution in [0.4, 0.5) is 0 Å². The number of furan rings is 1. The summed E-state index contributed by atoms with van der Waals surface area (Å²) in [4.78, 5) is 22.4. The summed E-state index contributed by atoms with van der Waals surface area (Å²) in [5.74, 6) is 0.618. The number of aliphatic hydroxyl groups is 1. The molecular weight excluding hydrogens is 224 g/mol. The molecule has 6 nitrogen and oxygen atoms in total. The Morgan fingerprint density at radius 3 is 2.82 bits per heavy atom. The average Bonchev–Trinajstić information content (AvgIpc) is 2.76. The van der Waals surface area contributed by atoms with E-state index in [4.69, 9.17) is 9.52 Å². The minimum absolute atomic E-state index is 0.140. The first-order valence-corrected chi connectivity index (χ1v) is 5.44. The molecule has 92 valence electrons. The van der Waals surface area contributed by atoms with Gasteiger partial charge in [0.05, 0.1) is 12.6 Å². The quantitative estimate of drug-likeness (QED) is 0.624. The molecule has 17 heavy (non-hydrogen) atoms. The van der Waals surface area contributed by atoms with Crippen molar-refractivity contribution in [3.8, 4) is 0 Å². The third kappa shape index (κ3) is 2.92. The summed E-state index contributed by atoms with van der Waals surface area (Å²) in [7, 11) is 0. The van der Waals surface area contributed by atoms with Crippen LogP contribution in [0.3, 0.4) is 0 Å². The summed E-state index contributed by atoms with van der Waals surface area (Å²) in [6.07, 6.45) is 0.849. The molecule has 1 aliphatic heterocycles. The Morgan fingerprint density at radius 2 is 2.18 bits per heavy atom. The van der Waals surface area contributed by atoms with Gasteiger partial charge in [-0.3, -0.25) is 20.2 Å². The van der Waals surface area contributed by atoms with Crippen molar-refractivity contribution in [2.75, 3.05) is 0 Å². The van der Waals surface area contributed by atoms with Crippen LogP contribution in [0.15, 0.2) is 16.5 Å². The molecule has 0 bridgehead atoms. The molecule has 2 rings (SSSR count). The normalized spacial score (nSPS) is 20.4. The van der Waals surface area contributed by atoms with Gasteiger partial charge < -0.3 is 9.52 Å². The van der Waals surface area contributed by atoms with Crippen molar-refractivity contribution in [1.82, 2.24) is 10.6 Å². The maximum atomic E-state index is 11.4. The molecule has 0 radical (unpaired) electrons. The lowest BCUT2D eigenvalue weighted by Crippen LogP contribution is -2.50. The SMILES string of the molecule is O=C1CCC(NCc2ccc(CO)o2)C(=O)N1. The van der Waals surface area contributed by atoms with Crippen molar-refractivity contribution in [2.45, 2.75) is 32.0 Å². The van der Waals surface area contributed by atoms with Gasteiger partial charge in [0.1, 0.15) is 18.1 Å². The zero-order chi connectivity index (χ0) is 12.3. The van der Waals surface area contributed by atoms with E-state index >= 15 is 0 Å². The highest BCUT2D eigenvalue weighted by Crippen LogP contribution is 2.09. The van der Waals surface area contributed by atoms with Gasteiger partial charge in [-0.25, -0.2) is 0 Å². The van der Waals surface area contributed by atoms with Crippen molar-refractivity contribution in [2.24, 2.45) is 0 Å². The van der Waals surface area contributed by atoms with Crippen molar-refractivity contribution < 1.29 is 19.1 Å². The molecule has 1 aromatic heterocycles. The molecule has 1 aromatic rings. The number of carbonyl (C=O) groups excluding carboxylic acids is 2. The summed E-state index contributed by atoms with van der Waals surface area (Å²) in [6, 6.07) is 3.06. The van der Waals surface area contributed by atoms with E-state index in [0.29, 0.717) is 30.9 Å². The Bertz CT molecular complexity index is 427. The molecule has 2 amide bonds. The molecule has 1 aliphatic rings. The summed E-state index contributed by atoms with van der Waals surface area (Å²) in [5, 5.41) is 14.1. The smallest absolute Gasteiger partial charge is 0.243 e. The lowest BCUT2D eigenvalue weighted by Gasteiger charge is -2.21. The molecule has 0 aliphatic carbocycles. The Morgan fingerprint density at radius 1 is 1.41 bits per heavy atom. The van der Waals surface area contributed by atoms with Gasteiger partial charge in [0, 0.05) is 6.42 Å². The Labute approximate surface area is 98.0 Å². The highest BCUT2D eigenvalue weighted by Gasteiger charge is 2.25. The van der Waals surface area contributed by atoms with Gasteiger partial charge in [0.15, 0.2) is 0 Å². The molecule has 6 heteroatoms. The fourth-order valence-electron chi connectivity index (χ4n) is 1.71. The van der Waals surface area contributed by atoms with Crippen LogP contribution in [0.1, 0.15) is 24.4 Å². The Balaban J connectivity index is 1.85. The van der Waals surface area contributed by atoms with Crippen LogP contribution in [-0.4, -0.2) is 23.0 Å². The van der Waals surface area contributed by atoms with Gasteiger partial charge >= 0.3 is 0 Å². The van der Waals surface area contributed by atoms with E-state index in [1.165, 1.54) is 0 Å². The number of rotatable bonds is 4. The molecule has 1 fully saturated rings. The third-order valence-electron chi connectivity index (χ3n) is 2.64. The molecule has 0 saturated carbocycles. The Kier molecular flexibility index (Phi) is 3.55. The molecule has 0 aromatic carbocycles. The number of imide groups is 1. The van der Waals surface area contributed by atoms with E-state index < -0.39 is 0 Å². The van der Waals surface area contributed by atoms with Crippen LogP contribution < -0.4 is 10.6 Å². The van der Waals surface area contributed by atoms with E-state index in [1.807, 2.05) is 0 Å². The van der Waals surface area contributed by atoms with Gasteiger partial charge in [-0.15, -0.1) is 0 Å². The van der Waals surface area contributed by atoms with Crippen LogP contribution in [-0.2, 0) is 22.7 Å². The number of piperidine rings is 1. The van der Waals surface area contributed by atoms with Crippen LogP contribution in [0.5, 0.6) is 0 Å². The van der Waals surface area contributed by atoms with Gasteiger partial charge in [0.2, 0.25) is 11.8 Å². The summed E-state index contributed by atoms with van der Waals surface area (Å²) in [6.45, 7) is 0.255. The Hall–Kier alpha value is -1.66. The van der Waals surface area contributed by atoms with E-state index in [2.05, 4.69) is 10.6 Å². The minimum Gasteiger partial charge on any atom is -0.462 e. The van der Waals surface area contributed by atoms with E-state index in [9.17, 15) is 9.59 Å². The topological polar surface area (TPSA) is 91.6 Å². The van der Waals surface area contributed by atoms with Crippen LogP contribution in [0, 0.1) is 0 Å². The molecule has 2 heterocycles. The molecular formula is C11H14N2O4. The third-order valence-corrected chi connectivity index (χ3v) is 2.64. The molecule has 1 unspecified atom stereocenters. The number of hydrogen-bond donors (Lipinski definition) is 3. The van der Waals surface area contributed by atoms with Crippen LogP contribution in [0.25, 0.3) is 0 Å². The number of aliphatic hydroxyl groups excluding tert-OH is 1. The number of nitrogens with one attached hydrogen (secondary N) is 2. The first-order valence-electron chi connectivity index (χ1n) is 5.44. The minimum atomic E-state index is -0.365. The predicted molar refractivity (Wildman–Crippen MR) is 57.6 cm³/mol. The highest BCUT2D eigenvalue weighted by atomic mass is 16.4. The van der Waals surface area contributed by atoms with Crippen LogP contribution in [0.2, 0.25) is 0 Å². The van der Waals surface area contributed by atoms with Crippen LogP contribution >= 0.6 is 0 Å². The molecule has 0 spiro atoms. The van der Waals surface area contributed by atoms with Gasteiger partial charge in [-0.05, 0) is 18.6 Å². The van der Waals surface area contributed by atoms with Crippen molar-refractivity contribution in [1.29, 1.82) is 0 Å². The second kappa shape index (κ2) is 5.11. The van der Waals surface area contributed by atoms with E-state index in [1.54, 1.807) is 12.1 Å². The summed E-state index contributed by atoms with van der Waals surface area (Å²) in [5.41, 5.74) is 0. The predicted octanol–water partition coefficient (Wildman–Crippen LogP) is -0.333. The zero-order valence-electron chi connectivity index (χ0n) is 9.23. The number of amides is 2. The van der Waals surface area contributed by atoms with Gasteiger partial charge in [-0.2, -0.15) is 0 Å². The van der Waals surface area contributed by atoms with Crippen molar-refractivity contribution in [3.63, 3.8) is 0 Å². The van der Waals surface area contributed by atoms with Gasteiger partial charge in [-0.1, -0.05) is 0 Å². The lowest BCUT2D eigenvalue weighted by molar-refractivity contribution is -0.134. The standard InChI is InChI=1S/C11H14N2O4/c14-6-8-2-1-7(17-8)5-12-9-3-4-10(15)13-11(9)16/h1-2,9,12,14H,3-6H2,(H,13,15,16). The van der Waals surface area contributed by atoms with E-state index in [0.717, 1.165) is 0 Å². The summed E-state index contributed by atoms with van der Waals surface area (Å²) >= 11 is 0. The molecule has 3 N–H and O–H groups in total. The van der Waals surface area contributed by atoms with Gasteiger partial charge in [0.25, 0.3) is 0 Å². The largest absolute Gasteiger partial charge is 0.462 e. The highest BCUT2D eigenvalue weighted by molar-refractivity contribution is 6.00. The fourth-order valence-corrected chi connectivity index (χ4v) is 1.71. The van der Waals surface area contributed by atoms with Crippen molar-refractivity contribution in [3.05, 3.63) is 23.7 Å². The first-order chi connectivity index (χ1) is 8.19. The molecule has 1 saturated heterocycles. The zero-order valence-corrected chi connectivity index (χ0v) is 9.23. The monoisotopic (exact) mass is 238 g/mol. The average molecular weight is 238 g/mol. The lowest BCUT2D eigenvalue weighted by atomic mass is 10.1. The number of hydrogen-bond acceptors (Lipinski definition) is 5. The van der Waals surface area contributed by atoms with E-state index in [-0.39, 0.29) is 24.5 Å². The van der Waals surface area contributed by atoms with Crippen molar-refractivity contribution >= 4 is 11.8 Å². The number of carbonyl (C=O) groups is 2. The summed E-state index contributed by atoms with van der Waals surface area (Å²) < 4.78 is 5.27. The fraction of sp³-hybridized carbons (Fsp3) is 0.455.